The molecule has 0 unspecified atom stereocenters. The summed E-state index contributed by atoms with van der Waals surface area (Å²) in [6.45, 7) is 0.132. The van der Waals surface area contributed by atoms with E-state index in [2.05, 4.69) is 10.5 Å². The van der Waals surface area contributed by atoms with Gasteiger partial charge in [0.25, 0.3) is 5.91 Å². The van der Waals surface area contributed by atoms with Crippen molar-refractivity contribution in [3.63, 3.8) is 0 Å². The van der Waals surface area contributed by atoms with Crippen LogP contribution in [0.1, 0.15) is 26.5 Å². The summed E-state index contributed by atoms with van der Waals surface area (Å²) in [4.78, 5) is 24.3. The molecule has 2 aromatic carbocycles. The van der Waals surface area contributed by atoms with E-state index in [9.17, 15) is 9.59 Å². The lowest BCUT2D eigenvalue weighted by Gasteiger charge is -2.09. The third kappa shape index (κ3) is 4.09. The number of carbonyl (C=O) groups is 2. The highest BCUT2D eigenvalue weighted by Gasteiger charge is 2.16. The summed E-state index contributed by atoms with van der Waals surface area (Å²) in [7, 11) is 1.45. The van der Waals surface area contributed by atoms with Gasteiger partial charge in [0.1, 0.15) is 0 Å². The standard InChI is InChI=1S/C21H16N2O7/c1-26-18-9-13(4-6-16(18)30-21(25)17-3-2-8-27-17)11-22-23-20(24)14-5-7-15-19(10-14)29-12-28-15/h2-11H,12H2,1H3,(H,23,24)/b22-11+. The topological polar surface area (TPSA) is 109 Å². The van der Waals surface area contributed by atoms with Gasteiger partial charge < -0.3 is 23.4 Å². The van der Waals surface area contributed by atoms with Gasteiger partial charge in [-0.1, -0.05) is 0 Å². The highest BCUT2D eigenvalue weighted by molar-refractivity contribution is 5.95. The molecule has 4 rings (SSSR count). The molecule has 1 N–H and O–H groups in total. The van der Waals surface area contributed by atoms with Gasteiger partial charge in [-0.2, -0.15) is 5.10 Å². The van der Waals surface area contributed by atoms with Crippen molar-refractivity contribution in [3.8, 4) is 23.0 Å². The molecule has 0 aliphatic carbocycles. The molecule has 9 heteroatoms. The molecule has 30 heavy (non-hydrogen) atoms. The third-order valence-electron chi connectivity index (χ3n) is 4.13. The molecule has 0 fully saturated rings. The molecule has 0 radical (unpaired) electrons. The van der Waals surface area contributed by atoms with Crippen molar-refractivity contribution in [2.24, 2.45) is 5.10 Å². The first-order chi connectivity index (χ1) is 14.6. The molecular formula is C21H16N2O7. The Kier molecular flexibility index (Phi) is 5.33. The average molecular weight is 408 g/mol. The minimum absolute atomic E-state index is 0.0777. The normalized spacial score (nSPS) is 12.0. The van der Waals surface area contributed by atoms with Gasteiger partial charge in [-0.3, -0.25) is 4.79 Å². The molecule has 0 atom stereocenters. The van der Waals surface area contributed by atoms with Gasteiger partial charge >= 0.3 is 5.97 Å². The Morgan fingerprint density at radius 1 is 1.07 bits per heavy atom. The van der Waals surface area contributed by atoms with Crippen LogP contribution in [0.5, 0.6) is 23.0 Å². The van der Waals surface area contributed by atoms with E-state index in [-0.39, 0.29) is 18.3 Å². The minimum Gasteiger partial charge on any atom is -0.493 e. The number of methoxy groups -OCH3 is 1. The Balaban J connectivity index is 1.41. The molecule has 3 aromatic rings. The molecule has 2 heterocycles. The van der Waals surface area contributed by atoms with Crippen LogP contribution in [0.3, 0.4) is 0 Å². The van der Waals surface area contributed by atoms with Gasteiger partial charge in [0.05, 0.1) is 19.6 Å². The second kappa shape index (κ2) is 8.39. The summed E-state index contributed by atoms with van der Waals surface area (Å²) in [6, 6.07) is 12.8. The number of hydrazone groups is 1. The average Bonchev–Trinajstić information content (AvgIpc) is 3.46. The van der Waals surface area contributed by atoms with Gasteiger partial charge in [0.15, 0.2) is 23.0 Å². The summed E-state index contributed by atoms with van der Waals surface area (Å²) < 4.78 is 26.0. The van der Waals surface area contributed by atoms with E-state index in [0.29, 0.717) is 28.4 Å². The highest BCUT2D eigenvalue weighted by Crippen LogP contribution is 2.32. The van der Waals surface area contributed by atoms with Crippen molar-refractivity contribution in [1.82, 2.24) is 5.43 Å². The summed E-state index contributed by atoms with van der Waals surface area (Å²) in [5.41, 5.74) is 3.44. The Morgan fingerprint density at radius 2 is 1.93 bits per heavy atom. The van der Waals surface area contributed by atoms with Gasteiger partial charge in [-0.05, 0) is 54.1 Å². The van der Waals surface area contributed by atoms with Crippen molar-refractivity contribution < 1.29 is 33.0 Å². The zero-order valence-corrected chi connectivity index (χ0v) is 15.8. The van der Waals surface area contributed by atoms with Crippen molar-refractivity contribution in [2.75, 3.05) is 13.9 Å². The van der Waals surface area contributed by atoms with Crippen LogP contribution in [-0.2, 0) is 0 Å². The number of rotatable bonds is 6. The number of ether oxygens (including phenoxy) is 4. The van der Waals surface area contributed by atoms with E-state index in [1.807, 2.05) is 0 Å². The van der Waals surface area contributed by atoms with Crippen molar-refractivity contribution in [2.45, 2.75) is 0 Å². The van der Waals surface area contributed by atoms with Crippen molar-refractivity contribution in [1.29, 1.82) is 0 Å². The third-order valence-corrected chi connectivity index (χ3v) is 4.13. The van der Waals surface area contributed by atoms with Crippen LogP contribution >= 0.6 is 0 Å². The zero-order chi connectivity index (χ0) is 20.9. The number of nitrogens with one attached hydrogen (secondary N) is 1. The Hall–Kier alpha value is -4.27. The van der Waals surface area contributed by atoms with Crippen molar-refractivity contribution >= 4 is 18.1 Å². The van der Waals surface area contributed by atoms with Crippen LogP contribution in [0.15, 0.2) is 64.3 Å². The fourth-order valence-corrected chi connectivity index (χ4v) is 2.66. The maximum absolute atomic E-state index is 12.2. The lowest BCUT2D eigenvalue weighted by molar-refractivity contribution is 0.0696. The summed E-state index contributed by atoms with van der Waals surface area (Å²) in [5.74, 6) is 0.678. The van der Waals surface area contributed by atoms with Gasteiger partial charge in [-0.25, -0.2) is 10.2 Å². The molecule has 1 aliphatic rings. The summed E-state index contributed by atoms with van der Waals surface area (Å²) in [5, 5.41) is 3.94. The van der Waals surface area contributed by atoms with E-state index in [1.165, 1.54) is 25.7 Å². The van der Waals surface area contributed by atoms with E-state index in [4.69, 9.17) is 23.4 Å². The molecule has 1 aromatic heterocycles. The van der Waals surface area contributed by atoms with E-state index in [0.717, 1.165) is 0 Å². The first kappa shape index (κ1) is 19.1. The number of benzene rings is 2. The number of fused-ring (bicyclic) bond motifs is 1. The van der Waals surface area contributed by atoms with E-state index < -0.39 is 11.9 Å². The number of nitrogens with zero attached hydrogens (tertiary/aromatic N) is 1. The van der Waals surface area contributed by atoms with E-state index in [1.54, 1.807) is 42.5 Å². The Labute approximate surface area is 170 Å². The maximum Gasteiger partial charge on any atom is 0.379 e. The van der Waals surface area contributed by atoms with Crippen LogP contribution < -0.4 is 24.4 Å². The number of furan rings is 1. The number of amides is 1. The monoisotopic (exact) mass is 408 g/mol. The Morgan fingerprint density at radius 3 is 2.73 bits per heavy atom. The largest absolute Gasteiger partial charge is 0.493 e. The molecule has 0 spiro atoms. The van der Waals surface area contributed by atoms with Gasteiger partial charge in [-0.15, -0.1) is 0 Å². The van der Waals surface area contributed by atoms with E-state index >= 15 is 0 Å². The second-order valence-corrected chi connectivity index (χ2v) is 6.04. The zero-order valence-electron chi connectivity index (χ0n) is 15.8. The number of esters is 1. The number of hydrogen-bond acceptors (Lipinski definition) is 8. The van der Waals surface area contributed by atoms with Gasteiger partial charge in [0.2, 0.25) is 12.6 Å². The SMILES string of the molecule is COc1cc(/C=N/NC(=O)c2ccc3c(c2)OCO3)ccc1OC(=O)c1ccco1. The number of hydrogen-bond donors (Lipinski definition) is 1. The number of carbonyl (C=O) groups excluding carboxylic acids is 2. The molecule has 9 nitrogen and oxygen atoms in total. The molecule has 0 bridgehead atoms. The van der Waals surface area contributed by atoms with Crippen LogP contribution in [0.4, 0.5) is 0 Å². The molecule has 0 saturated heterocycles. The first-order valence-electron chi connectivity index (χ1n) is 8.81. The first-order valence-corrected chi connectivity index (χ1v) is 8.81. The second-order valence-electron chi connectivity index (χ2n) is 6.04. The van der Waals surface area contributed by atoms with Crippen molar-refractivity contribution in [3.05, 3.63) is 71.7 Å². The fourth-order valence-electron chi connectivity index (χ4n) is 2.66. The quantitative estimate of drug-likeness (QED) is 0.289. The smallest absolute Gasteiger partial charge is 0.379 e. The fraction of sp³-hybridized carbons (Fsp3) is 0.0952. The van der Waals surface area contributed by atoms with Gasteiger partial charge in [0, 0.05) is 5.56 Å². The predicted octanol–water partition coefficient (Wildman–Crippen LogP) is 3.00. The lowest BCUT2D eigenvalue weighted by Crippen LogP contribution is -2.17. The summed E-state index contributed by atoms with van der Waals surface area (Å²) in [6.07, 6.45) is 2.82. The molecule has 152 valence electrons. The lowest BCUT2D eigenvalue weighted by atomic mass is 10.2. The highest BCUT2D eigenvalue weighted by atomic mass is 16.7. The predicted molar refractivity (Wildman–Crippen MR) is 104 cm³/mol. The van der Waals surface area contributed by atoms with Crippen LogP contribution in [-0.4, -0.2) is 32.0 Å². The Bertz CT molecular complexity index is 1110. The molecular weight excluding hydrogens is 392 g/mol. The molecule has 1 amide bonds. The minimum atomic E-state index is -0.643. The van der Waals surface area contributed by atoms with Crippen LogP contribution in [0, 0.1) is 0 Å². The molecule has 1 aliphatic heterocycles. The van der Waals surface area contributed by atoms with Crippen LogP contribution in [0.2, 0.25) is 0 Å². The maximum atomic E-state index is 12.2. The summed E-state index contributed by atoms with van der Waals surface area (Å²) >= 11 is 0. The van der Waals surface area contributed by atoms with Crippen LogP contribution in [0.25, 0.3) is 0 Å². The molecule has 0 saturated carbocycles.